The average molecular weight is 305 g/mol. The van der Waals surface area contributed by atoms with Gasteiger partial charge < -0.3 is 5.32 Å². The maximum absolute atomic E-state index is 12.7. The van der Waals surface area contributed by atoms with Crippen LogP contribution >= 0.6 is 0 Å². The van der Waals surface area contributed by atoms with Gasteiger partial charge >= 0.3 is 0 Å². The predicted molar refractivity (Wildman–Crippen MR) is 83.4 cm³/mol. The Hall–Kier alpha value is -1.50. The summed E-state index contributed by atoms with van der Waals surface area (Å²) in [5.74, 6) is 0.00565. The molecule has 1 saturated heterocycles. The minimum Gasteiger partial charge on any atom is -0.314 e. The minimum atomic E-state index is -3.32. The summed E-state index contributed by atoms with van der Waals surface area (Å²) in [5, 5.41) is 4.18. The molecule has 5 nitrogen and oxygen atoms in total. The van der Waals surface area contributed by atoms with Crippen LogP contribution in [-0.4, -0.2) is 43.4 Å². The van der Waals surface area contributed by atoms with E-state index < -0.39 is 10.0 Å². The lowest BCUT2D eigenvalue weighted by molar-refractivity contribution is 0.283. The van der Waals surface area contributed by atoms with E-state index in [4.69, 9.17) is 0 Å². The van der Waals surface area contributed by atoms with Gasteiger partial charge in [0.05, 0.1) is 11.3 Å². The number of hydrogen-bond donors (Lipinski definition) is 1. The zero-order valence-corrected chi connectivity index (χ0v) is 12.8. The van der Waals surface area contributed by atoms with Crippen molar-refractivity contribution >= 4 is 20.9 Å². The van der Waals surface area contributed by atoms with E-state index in [1.54, 1.807) is 10.5 Å². The van der Waals surface area contributed by atoms with E-state index in [9.17, 15) is 8.42 Å². The van der Waals surface area contributed by atoms with Gasteiger partial charge in [0.25, 0.3) is 0 Å². The van der Waals surface area contributed by atoms with Gasteiger partial charge in [0.15, 0.2) is 0 Å². The fourth-order valence-corrected chi connectivity index (χ4v) is 4.58. The number of fused-ring (bicyclic) bond motifs is 1. The molecule has 1 N–H and O–H groups in total. The first-order valence-corrected chi connectivity index (χ1v) is 8.72. The molecule has 0 saturated carbocycles. The maximum atomic E-state index is 12.7. The fourth-order valence-electron chi connectivity index (χ4n) is 2.80. The number of hydrogen-bond acceptors (Lipinski definition) is 4. The summed E-state index contributed by atoms with van der Waals surface area (Å²) in [6.45, 7) is 3.87. The maximum Gasteiger partial charge on any atom is 0.218 e. The normalized spacial score (nSPS) is 20.7. The standard InChI is InChI=1S/C15H19N3O2S/c1-12-10-16-8-9-18(12)21(19,20)11-14-5-2-4-13-6-3-7-17-15(13)14/h2-7,12,16H,8-11H2,1H3/t12-/m0/s1. The van der Waals surface area contributed by atoms with Crippen molar-refractivity contribution in [1.82, 2.24) is 14.6 Å². The van der Waals surface area contributed by atoms with Crippen LogP contribution in [0.2, 0.25) is 0 Å². The second-order valence-corrected chi connectivity index (χ2v) is 7.33. The Morgan fingerprint density at radius 2 is 2.14 bits per heavy atom. The third-order valence-electron chi connectivity index (χ3n) is 3.85. The van der Waals surface area contributed by atoms with E-state index in [1.165, 1.54) is 0 Å². The van der Waals surface area contributed by atoms with Crippen LogP contribution in [0.25, 0.3) is 10.9 Å². The van der Waals surface area contributed by atoms with Crippen LogP contribution in [0.15, 0.2) is 36.5 Å². The Morgan fingerprint density at radius 1 is 1.33 bits per heavy atom. The Morgan fingerprint density at radius 3 is 2.95 bits per heavy atom. The van der Waals surface area contributed by atoms with E-state index in [2.05, 4.69) is 10.3 Å². The number of nitrogens with one attached hydrogen (secondary N) is 1. The highest BCUT2D eigenvalue weighted by molar-refractivity contribution is 7.88. The number of sulfonamides is 1. The molecule has 0 spiro atoms. The molecule has 6 heteroatoms. The molecule has 2 heterocycles. The van der Waals surface area contributed by atoms with Crippen molar-refractivity contribution in [2.45, 2.75) is 18.7 Å². The lowest BCUT2D eigenvalue weighted by Gasteiger charge is -2.32. The largest absolute Gasteiger partial charge is 0.314 e. The first kappa shape index (κ1) is 14.4. The van der Waals surface area contributed by atoms with Gasteiger partial charge in [-0.15, -0.1) is 0 Å². The van der Waals surface area contributed by atoms with Crippen molar-refractivity contribution in [2.75, 3.05) is 19.6 Å². The van der Waals surface area contributed by atoms with Crippen LogP contribution in [0.1, 0.15) is 12.5 Å². The van der Waals surface area contributed by atoms with Gasteiger partial charge in [0.2, 0.25) is 10.0 Å². The predicted octanol–water partition coefficient (Wildman–Crippen LogP) is 1.36. The van der Waals surface area contributed by atoms with Gasteiger partial charge in [-0.3, -0.25) is 4.98 Å². The molecule has 1 aliphatic heterocycles. The number of pyridine rings is 1. The first-order chi connectivity index (χ1) is 10.1. The third kappa shape index (κ3) is 2.92. The Labute approximate surface area is 125 Å². The van der Waals surface area contributed by atoms with Crippen molar-refractivity contribution < 1.29 is 8.42 Å². The van der Waals surface area contributed by atoms with E-state index >= 15 is 0 Å². The summed E-state index contributed by atoms with van der Waals surface area (Å²) in [6.07, 6.45) is 1.70. The smallest absolute Gasteiger partial charge is 0.218 e. The molecule has 21 heavy (non-hydrogen) atoms. The van der Waals surface area contributed by atoms with Crippen molar-refractivity contribution in [2.24, 2.45) is 0 Å². The molecule has 1 aliphatic rings. The molecule has 2 aromatic rings. The number of nitrogens with zero attached hydrogens (tertiary/aromatic N) is 2. The third-order valence-corrected chi connectivity index (χ3v) is 5.78. The van der Waals surface area contributed by atoms with Gasteiger partial charge in [0.1, 0.15) is 0 Å². The number of rotatable bonds is 3. The highest BCUT2D eigenvalue weighted by atomic mass is 32.2. The van der Waals surface area contributed by atoms with Crippen LogP contribution in [-0.2, 0) is 15.8 Å². The molecule has 1 fully saturated rings. The van der Waals surface area contributed by atoms with Crippen molar-refractivity contribution in [3.63, 3.8) is 0 Å². The molecule has 112 valence electrons. The SMILES string of the molecule is C[C@H]1CNCCN1S(=O)(=O)Cc1cccc2cccnc12. The van der Waals surface area contributed by atoms with Crippen molar-refractivity contribution in [1.29, 1.82) is 0 Å². The molecule has 0 bridgehead atoms. The summed E-state index contributed by atoms with van der Waals surface area (Å²) < 4.78 is 27.0. The highest BCUT2D eigenvalue weighted by Crippen LogP contribution is 2.21. The second kappa shape index (κ2) is 5.71. The van der Waals surface area contributed by atoms with Crippen molar-refractivity contribution in [3.8, 4) is 0 Å². The number of benzene rings is 1. The molecule has 0 radical (unpaired) electrons. The summed E-state index contributed by atoms with van der Waals surface area (Å²) >= 11 is 0. The van der Waals surface area contributed by atoms with E-state index in [0.29, 0.717) is 19.6 Å². The Balaban J connectivity index is 1.94. The molecule has 0 unspecified atom stereocenters. The summed E-state index contributed by atoms with van der Waals surface area (Å²) in [5.41, 5.74) is 1.53. The van der Waals surface area contributed by atoms with Crippen molar-refractivity contribution in [3.05, 3.63) is 42.1 Å². The Bertz CT molecular complexity index is 740. The number of para-hydroxylation sites is 1. The van der Waals surface area contributed by atoms with Gasteiger partial charge in [-0.05, 0) is 18.6 Å². The molecule has 0 aliphatic carbocycles. The molecular weight excluding hydrogens is 286 g/mol. The minimum absolute atomic E-state index is 0.00565. The van der Waals surface area contributed by atoms with Gasteiger partial charge in [-0.1, -0.05) is 24.3 Å². The first-order valence-electron chi connectivity index (χ1n) is 7.11. The van der Waals surface area contributed by atoms with E-state index in [0.717, 1.165) is 16.5 Å². The zero-order valence-electron chi connectivity index (χ0n) is 12.0. The number of aromatic nitrogens is 1. The van der Waals surface area contributed by atoms with E-state index in [-0.39, 0.29) is 11.8 Å². The molecule has 1 aromatic carbocycles. The highest BCUT2D eigenvalue weighted by Gasteiger charge is 2.29. The summed E-state index contributed by atoms with van der Waals surface area (Å²) in [4.78, 5) is 4.33. The van der Waals surface area contributed by atoms with Gasteiger partial charge in [0, 0.05) is 37.3 Å². The quantitative estimate of drug-likeness (QED) is 0.930. The van der Waals surface area contributed by atoms with Gasteiger partial charge in [-0.25, -0.2) is 8.42 Å². The lowest BCUT2D eigenvalue weighted by atomic mass is 10.1. The molecule has 3 rings (SSSR count). The van der Waals surface area contributed by atoms with Crippen LogP contribution < -0.4 is 5.32 Å². The van der Waals surface area contributed by atoms with Gasteiger partial charge in [-0.2, -0.15) is 4.31 Å². The number of piperazine rings is 1. The molecule has 1 aromatic heterocycles. The fraction of sp³-hybridized carbons (Fsp3) is 0.400. The van der Waals surface area contributed by atoms with Crippen LogP contribution in [0.3, 0.4) is 0 Å². The Kier molecular flexibility index (Phi) is 3.93. The molecule has 1 atom stereocenters. The summed E-state index contributed by atoms with van der Waals surface area (Å²) in [6, 6.07) is 9.48. The molecular formula is C15H19N3O2S. The van der Waals surface area contributed by atoms with Crippen LogP contribution in [0.4, 0.5) is 0 Å². The second-order valence-electron chi connectivity index (χ2n) is 5.41. The van der Waals surface area contributed by atoms with E-state index in [1.807, 2.05) is 37.3 Å². The topological polar surface area (TPSA) is 62.3 Å². The van der Waals surface area contributed by atoms with Crippen LogP contribution in [0.5, 0.6) is 0 Å². The van der Waals surface area contributed by atoms with Crippen LogP contribution in [0, 0.1) is 0 Å². The zero-order chi connectivity index (χ0) is 14.9. The molecule has 0 amide bonds. The summed E-state index contributed by atoms with van der Waals surface area (Å²) in [7, 11) is -3.32. The lowest BCUT2D eigenvalue weighted by Crippen LogP contribution is -2.52. The average Bonchev–Trinajstić information content (AvgIpc) is 2.47. The monoisotopic (exact) mass is 305 g/mol.